The quantitative estimate of drug-likeness (QED) is 0.651. The predicted molar refractivity (Wildman–Crippen MR) is 97.4 cm³/mol. The summed E-state index contributed by atoms with van der Waals surface area (Å²) < 4.78 is 1.89. The molecule has 2 heterocycles. The van der Waals surface area contributed by atoms with Gasteiger partial charge in [-0.05, 0) is 29.4 Å². The van der Waals surface area contributed by atoms with Gasteiger partial charge in [0.2, 0.25) is 0 Å². The van der Waals surface area contributed by atoms with Crippen LogP contribution in [-0.2, 0) is 19.6 Å². The minimum atomic E-state index is 0.472. The average Bonchev–Trinajstić information content (AvgIpc) is 3.23. The maximum atomic E-state index is 8.81. The molecule has 0 radical (unpaired) electrons. The summed E-state index contributed by atoms with van der Waals surface area (Å²) in [6.45, 7) is 2.37. The summed E-state index contributed by atoms with van der Waals surface area (Å²) in [6.07, 6.45) is 2.55. The molecule has 0 fully saturated rings. The normalized spacial score (nSPS) is 10.9. The van der Waals surface area contributed by atoms with Crippen molar-refractivity contribution in [2.75, 3.05) is 7.05 Å². The van der Waals surface area contributed by atoms with Gasteiger partial charge in [-0.25, -0.2) is 0 Å². The molecule has 0 amide bonds. The zero-order valence-electron chi connectivity index (χ0n) is 13.7. The molecular weight excluding hydrogens is 316 g/mol. The van der Waals surface area contributed by atoms with Gasteiger partial charge in [0.05, 0.1) is 24.7 Å². The van der Waals surface area contributed by atoms with Crippen LogP contribution in [0.4, 0.5) is 0 Å². The van der Waals surface area contributed by atoms with Crippen LogP contribution in [0, 0.1) is 11.3 Å². The molecule has 3 rings (SSSR count). The van der Waals surface area contributed by atoms with E-state index in [-0.39, 0.29) is 0 Å². The van der Waals surface area contributed by atoms with Gasteiger partial charge in [0, 0.05) is 30.4 Å². The Kier molecular flexibility index (Phi) is 5.42. The lowest BCUT2D eigenvalue weighted by atomic mass is 10.1. The second-order valence-corrected chi connectivity index (χ2v) is 6.62. The molecule has 0 unspecified atom stereocenters. The molecule has 0 saturated heterocycles. The van der Waals surface area contributed by atoms with Gasteiger partial charge in [-0.3, -0.25) is 9.58 Å². The Bertz CT molecular complexity index is 800. The Morgan fingerprint density at radius 2 is 2.04 bits per heavy atom. The van der Waals surface area contributed by atoms with Crippen molar-refractivity contribution >= 4 is 11.3 Å². The van der Waals surface area contributed by atoms with Gasteiger partial charge >= 0.3 is 0 Å². The van der Waals surface area contributed by atoms with Crippen molar-refractivity contribution in [3.63, 3.8) is 0 Å². The summed E-state index contributed by atoms with van der Waals surface area (Å²) in [6, 6.07) is 14.6. The second kappa shape index (κ2) is 7.91. The zero-order valence-corrected chi connectivity index (χ0v) is 14.5. The number of thiophene rings is 1. The van der Waals surface area contributed by atoms with Crippen LogP contribution in [-0.4, -0.2) is 21.7 Å². The first-order valence-corrected chi connectivity index (χ1v) is 8.89. The first-order chi connectivity index (χ1) is 11.8. The molecule has 24 heavy (non-hydrogen) atoms. The van der Waals surface area contributed by atoms with Crippen LogP contribution in [0.3, 0.4) is 0 Å². The Labute approximate surface area is 146 Å². The number of benzene rings is 1. The third-order valence-electron chi connectivity index (χ3n) is 3.81. The molecule has 0 bridgehead atoms. The summed E-state index contributed by atoms with van der Waals surface area (Å²) in [5, 5.41) is 17.8. The fraction of sp³-hybridized carbons (Fsp3) is 0.263. The Hall–Kier alpha value is -2.42. The maximum Gasteiger partial charge on any atom is 0.0968 e. The molecule has 122 valence electrons. The van der Waals surface area contributed by atoms with E-state index in [0.29, 0.717) is 13.0 Å². The van der Waals surface area contributed by atoms with Gasteiger partial charge in [0.25, 0.3) is 0 Å². The lowest BCUT2D eigenvalue weighted by molar-refractivity contribution is 0.320. The third-order valence-corrected chi connectivity index (χ3v) is 4.54. The van der Waals surface area contributed by atoms with E-state index in [1.54, 1.807) is 11.3 Å². The SMILES string of the molecule is CN(Cc1ccsc1)Cc1cn(CCC#N)nc1-c1ccccc1. The summed E-state index contributed by atoms with van der Waals surface area (Å²) >= 11 is 1.73. The van der Waals surface area contributed by atoms with Crippen molar-refractivity contribution in [3.8, 4) is 17.3 Å². The Morgan fingerprint density at radius 1 is 1.21 bits per heavy atom. The number of hydrogen-bond acceptors (Lipinski definition) is 4. The smallest absolute Gasteiger partial charge is 0.0968 e. The van der Waals surface area contributed by atoms with E-state index in [9.17, 15) is 0 Å². The summed E-state index contributed by atoms with van der Waals surface area (Å²) in [7, 11) is 2.12. The van der Waals surface area contributed by atoms with Crippen molar-refractivity contribution in [3.05, 3.63) is 64.5 Å². The number of aryl methyl sites for hydroxylation is 1. The molecule has 4 nitrogen and oxygen atoms in total. The molecule has 3 aromatic rings. The topological polar surface area (TPSA) is 44.9 Å². The monoisotopic (exact) mass is 336 g/mol. The van der Waals surface area contributed by atoms with Crippen LogP contribution in [0.25, 0.3) is 11.3 Å². The van der Waals surface area contributed by atoms with Gasteiger partial charge in [-0.15, -0.1) is 0 Å². The van der Waals surface area contributed by atoms with Gasteiger partial charge in [-0.1, -0.05) is 30.3 Å². The van der Waals surface area contributed by atoms with Crippen molar-refractivity contribution < 1.29 is 0 Å². The molecule has 0 spiro atoms. The predicted octanol–water partition coefficient (Wildman–Crippen LogP) is 4.16. The first-order valence-electron chi connectivity index (χ1n) is 7.94. The molecule has 0 N–H and O–H groups in total. The summed E-state index contributed by atoms with van der Waals surface area (Å²) in [5.41, 5.74) is 4.65. The van der Waals surface area contributed by atoms with Gasteiger partial charge in [-0.2, -0.15) is 21.7 Å². The summed E-state index contributed by atoms with van der Waals surface area (Å²) in [4.78, 5) is 2.29. The molecule has 0 aliphatic rings. The highest BCUT2D eigenvalue weighted by Crippen LogP contribution is 2.23. The van der Waals surface area contributed by atoms with Crippen LogP contribution >= 0.6 is 11.3 Å². The molecule has 0 atom stereocenters. The van der Waals surface area contributed by atoms with Crippen LogP contribution in [0.15, 0.2) is 53.4 Å². The molecule has 2 aromatic heterocycles. The number of rotatable bonds is 7. The van der Waals surface area contributed by atoms with Crippen LogP contribution < -0.4 is 0 Å². The maximum absolute atomic E-state index is 8.81. The molecule has 0 aliphatic carbocycles. The van der Waals surface area contributed by atoms with E-state index < -0.39 is 0 Å². The number of nitrogens with zero attached hydrogens (tertiary/aromatic N) is 4. The summed E-state index contributed by atoms with van der Waals surface area (Å²) in [5.74, 6) is 0. The Balaban J connectivity index is 1.82. The number of hydrogen-bond donors (Lipinski definition) is 0. The highest BCUT2D eigenvalue weighted by atomic mass is 32.1. The van der Waals surface area contributed by atoms with Gasteiger partial charge < -0.3 is 0 Å². The highest BCUT2D eigenvalue weighted by Gasteiger charge is 2.13. The van der Waals surface area contributed by atoms with Crippen LogP contribution in [0.2, 0.25) is 0 Å². The van der Waals surface area contributed by atoms with E-state index in [0.717, 1.165) is 24.3 Å². The Morgan fingerprint density at radius 3 is 2.75 bits per heavy atom. The van der Waals surface area contributed by atoms with Gasteiger partial charge in [0.15, 0.2) is 0 Å². The van der Waals surface area contributed by atoms with Crippen molar-refractivity contribution in [2.45, 2.75) is 26.1 Å². The fourth-order valence-electron chi connectivity index (χ4n) is 2.74. The second-order valence-electron chi connectivity index (χ2n) is 5.84. The molecule has 0 saturated carbocycles. The van der Waals surface area contributed by atoms with Crippen LogP contribution in [0.5, 0.6) is 0 Å². The minimum absolute atomic E-state index is 0.472. The third kappa shape index (κ3) is 4.10. The highest BCUT2D eigenvalue weighted by molar-refractivity contribution is 7.07. The lowest BCUT2D eigenvalue weighted by Gasteiger charge is -2.15. The van der Waals surface area contributed by atoms with E-state index >= 15 is 0 Å². The van der Waals surface area contributed by atoms with Crippen molar-refractivity contribution in [1.29, 1.82) is 5.26 Å². The molecule has 5 heteroatoms. The van der Waals surface area contributed by atoms with Gasteiger partial charge in [0.1, 0.15) is 0 Å². The standard InChI is InChI=1S/C19H20N4S/c1-22(12-16-8-11-24-15-16)13-18-14-23(10-5-9-20)21-19(18)17-6-3-2-4-7-17/h2-4,6-8,11,14-15H,5,10,12-13H2,1H3. The minimum Gasteiger partial charge on any atom is -0.298 e. The largest absolute Gasteiger partial charge is 0.298 e. The molecule has 1 aromatic carbocycles. The molecule has 0 aliphatic heterocycles. The average molecular weight is 336 g/mol. The number of aromatic nitrogens is 2. The van der Waals surface area contributed by atoms with E-state index in [1.165, 1.54) is 11.1 Å². The first kappa shape index (κ1) is 16.4. The van der Waals surface area contributed by atoms with Crippen molar-refractivity contribution in [2.24, 2.45) is 0 Å². The van der Waals surface area contributed by atoms with Crippen LogP contribution in [0.1, 0.15) is 17.5 Å². The van der Waals surface area contributed by atoms with E-state index in [4.69, 9.17) is 10.4 Å². The number of nitriles is 1. The van der Waals surface area contributed by atoms with Crippen molar-refractivity contribution in [1.82, 2.24) is 14.7 Å². The van der Waals surface area contributed by atoms with E-state index in [2.05, 4.69) is 53.2 Å². The fourth-order valence-corrected chi connectivity index (χ4v) is 3.40. The molecular formula is C19H20N4S. The van der Waals surface area contributed by atoms with E-state index in [1.807, 2.05) is 22.9 Å². The zero-order chi connectivity index (χ0) is 16.8. The lowest BCUT2D eigenvalue weighted by Crippen LogP contribution is -2.17.